The average molecular weight is 549 g/mol. The Balaban J connectivity index is 1.27. The number of fused-ring (bicyclic) bond motifs is 4. The molecule has 5 aliphatic rings. The third-order valence-electron chi connectivity index (χ3n) is 11.0. The van der Waals surface area contributed by atoms with Crippen LogP contribution in [0.3, 0.4) is 0 Å². The molecule has 6 atom stereocenters. The lowest BCUT2D eigenvalue weighted by Gasteiger charge is -2.55. The molecule has 1 aromatic rings. The van der Waals surface area contributed by atoms with Crippen molar-refractivity contribution in [3.63, 3.8) is 0 Å². The Morgan fingerprint density at radius 1 is 1.05 bits per heavy atom. The van der Waals surface area contributed by atoms with Gasteiger partial charge in [0.1, 0.15) is 0 Å². The smallest absolute Gasteiger partial charge is 0.315 e. The van der Waals surface area contributed by atoms with Gasteiger partial charge in [-0.05, 0) is 72.8 Å². The second kappa shape index (κ2) is 10.6. The van der Waals surface area contributed by atoms with Crippen LogP contribution in [-0.2, 0) is 16.0 Å². The molecule has 1 saturated heterocycles. The van der Waals surface area contributed by atoms with E-state index in [1.54, 1.807) is 17.2 Å². The molecule has 1 heterocycles. The van der Waals surface area contributed by atoms with Crippen molar-refractivity contribution in [2.45, 2.75) is 96.5 Å². The number of aliphatic hydroxyl groups excluding tert-OH is 1. The largest absolute Gasteiger partial charge is 0.393 e. The van der Waals surface area contributed by atoms with Gasteiger partial charge < -0.3 is 25.2 Å². The first kappa shape index (κ1) is 28.0. The molecule has 218 valence electrons. The number of nitrogens with one attached hydrogen (secondary N) is 2. The molecule has 3 saturated carbocycles. The van der Waals surface area contributed by atoms with Crippen LogP contribution in [-0.4, -0.2) is 42.8 Å². The van der Waals surface area contributed by atoms with E-state index < -0.39 is 5.79 Å². The normalized spacial score (nSPS) is 35.9. The van der Waals surface area contributed by atoms with Crippen LogP contribution < -0.4 is 10.6 Å². The quantitative estimate of drug-likeness (QED) is 0.382. The summed E-state index contributed by atoms with van der Waals surface area (Å²) in [5.74, 6) is 1.57. The summed E-state index contributed by atoms with van der Waals surface area (Å²) in [6.45, 7) is 12.9. The first-order valence-corrected chi connectivity index (χ1v) is 15.5. The molecule has 40 heavy (non-hydrogen) atoms. The molecule has 6 unspecified atom stereocenters. The summed E-state index contributed by atoms with van der Waals surface area (Å²) in [5.41, 5.74) is 5.85. The highest BCUT2D eigenvalue weighted by atomic mass is 16.7. The average Bonchev–Trinajstić information content (AvgIpc) is 3.26. The van der Waals surface area contributed by atoms with Gasteiger partial charge in [-0.25, -0.2) is 4.79 Å². The summed E-state index contributed by atoms with van der Waals surface area (Å²) in [4.78, 5) is 12.0. The van der Waals surface area contributed by atoms with Crippen molar-refractivity contribution >= 4 is 6.03 Å². The molecular formula is C34H48N2O4. The van der Waals surface area contributed by atoms with E-state index in [9.17, 15) is 9.90 Å². The summed E-state index contributed by atoms with van der Waals surface area (Å²) in [5, 5.41) is 16.9. The van der Waals surface area contributed by atoms with Crippen molar-refractivity contribution in [1.29, 1.82) is 0 Å². The molecule has 6 rings (SSSR count). The van der Waals surface area contributed by atoms with Crippen LogP contribution in [0.25, 0.3) is 0 Å². The van der Waals surface area contributed by atoms with E-state index in [-0.39, 0.29) is 23.0 Å². The summed E-state index contributed by atoms with van der Waals surface area (Å²) in [7, 11) is 0. The number of hydrogen-bond acceptors (Lipinski definition) is 4. The maximum absolute atomic E-state index is 12.0. The third kappa shape index (κ3) is 5.05. The first-order valence-electron chi connectivity index (χ1n) is 15.5. The third-order valence-corrected chi connectivity index (χ3v) is 11.0. The second-order valence-electron chi connectivity index (χ2n) is 14.3. The number of rotatable bonds is 5. The van der Waals surface area contributed by atoms with E-state index >= 15 is 0 Å². The van der Waals surface area contributed by atoms with E-state index in [1.165, 1.54) is 18.4 Å². The Kier molecular flexibility index (Phi) is 7.42. The summed E-state index contributed by atoms with van der Waals surface area (Å²) >= 11 is 0. The van der Waals surface area contributed by atoms with Gasteiger partial charge in [-0.15, -0.1) is 6.58 Å². The molecule has 1 aromatic carbocycles. The van der Waals surface area contributed by atoms with E-state index in [0.29, 0.717) is 36.8 Å². The number of hydrogen-bond donors (Lipinski definition) is 3. The minimum Gasteiger partial charge on any atom is -0.393 e. The maximum Gasteiger partial charge on any atom is 0.315 e. The number of carbonyl (C=O) groups is 1. The van der Waals surface area contributed by atoms with E-state index in [1.807, 2.05) is 0 Å². The molecule has 0 radical (unpaired) electrons. The fourth-order valence-corrected chi connectivity index (χ4v) is 8.78. The molecule has 3 N–H and O–H groups in total. The fourth-order valence-electron chi connectivity index (χ4n) is 8.78. The number of aliphatic hydroxyl groups is 1. The van der Waals surface area contributed by atoms with Gasteiger partial charge in [-0.1, -0.05) is 62.3 Å². The van der Waals surface area contributed by atoms with Crippen LogP contribution in [0.4, 0.5) is 4.79 Å². The van der Waals surface area contributed by atoms with Crippen LogP contribution in [0.15, 0.2) is 48.1 Å². The number of ether oxygens (including phenoxy) is 2. The molecule has 2 amide bonds. The molecule has 6 nitrogen and oxygen atoms in total. The summed E-state index contributed by atoms with van der Waals surface area (Å²) in [6.07, 6.45) is 9.91. The Morgan fingerprint density at radius 2 is 1.80 bits per heavy atom. The molecule has 0 bridgehead atoms. The molecule has 4 fully saturated rings. The molecule has 1 spiro atoms. The number of allylic oxidation sites excluding steroid dienone is 2. The second-order valence-corrected chi connectivity index (χ2v) is 14.3. The fraction of sp³-hybridized carbons (Fsp3) is 0.676. The van der Waals surface area contributed by atoms with Crippen molar-refractivity contribution in [3.05, 3.63) is 59.2 Å². The predicted octanol–water partition coefficient (Wildman–Crippen LogP) is 6.21. The highest BCUT2D eigenvalue weighted by molar-refractivity contribution is 5.73. The van der Waals surface area contributed by atoms with Gasteiger partial charge >= 0.3 is 6.03 Å². The standard InChI is InChI=1S/C34H48N2O4/c1-5-16-35-31(38)36-19-22-6-8-23(9-7-22)27-18-33(4)28(12-13-29(33)37)26-11-10-24-17-34(15-14-25(24)30(26)27)39-20-32(2,3)21-40-34/h5-9,24,26-29,37H,1,10-21H2,2-4H3,(H2,35,36,38). The lowest BCUT2D eigenvalue weighted by Crippen LogP contribution is -2.52. The lowest BCUT2D eigenvalue weighted by atomic mass is 9.52. The van der Waals surface area contributed by atoms with Gasteiger partial charge in [0.25, 0.3) is 0 Å². The Morgan fingerprint density at radius 3 is 2.52 bits per heavy atom. The van der Waals surface area contributed by atoms with Gasteiger partial charge in [0.15, 0.2) is 5.79 Å². The van der Waals surface area contributed by atoms with Crippen molar-refractivity contribution in [3.8, 4) is 0 Å². The van der Waals surface area contributed by atoms with E-state index in [4.69, 9.17) is 9.47 Å². The number of benzene rings is 1. The molecule has 4 aliphatic carbocycles. The van der Waals surface area contributed by atoms with Gasteiger partial charge in [0.05, 0.1) is 19.3 Å². The topological polar surface area (TPSA) is 79.8 Å². The Bertz CT molecular complexity index is 1150. The SMILES string of the molecule is C=CCNC(=O)NCc1ccc(C2CC3(C)C(O)CCC3C3CCC4CC5(CCC4=C23)OCC(C)(C)CO5)cc1. The molecule has 0 aromatic heterocycles. The first-order chi connectivity index (χ1) is 19.1. The van der Waals surface area contributed by atoms with Crippen molar-refractivity contribution < 1.29 is 19.4 Å². The summed E-state index contributed by atoms with van der Waals surface area (Å²) in [6, 6.07) is 8.66. The molecule has 1 aliphatic heterocycles. The zero-order chi connectivity index (χ0) is 28.1. The van der Waals surface area contributed by atoms with Crippen LogP contribution in [0.1, 0.15) is 89.2 Å². The van der Waals surface area contributed by atoms with Crippen molar-refractivity contribution in [2.75, 3.05) is 19.8 Å². The van der Waals surface area contributed by atoms with Gasteiger partial charge in [0, 0.05) is 37.3 Å². The Labute approximate surface area is 240 Å². The number of carbonyl (C=O) groups excluding carboxylic acids is 1. The van der Waals surface area contributed by atoms with E-state index in [0.717, 1.165) is 57.3 Å². The van der Waals surface area contributed by atoms with Crippen LogP contribution >= 0.6 is 0 Å². The van der Waals surface area contributed by atoms with Crippen LogP contribution in [0.2, 0.25) is 0 Å². The highest BCUT2D eigenvalue weighted by Gasteiger charge is 2.57. The monoisotopic (exact) mass is 548 g/mol. The zero-order valence-electron chi connectivity index (χ0n) is 24.6. The molecule has 6 heteroatoms. The minimum absolute atomic E-state index is 0.0350. The van der Waals surface area contributed by atoms with Gasteiger partial charge in [-0.2, -0.15) is 0 Å². The molecular weight excluding hydrogens is 500 g/mol. The Hall–Kier alpha value is -2.15. The zero-order valence-corrected chi connectivity index (χ0v) is 24.6. The predicted molar refractivity (Wildman–Crippen MR) is 157 cm³/mol. The van der Waals surface area contributed by atoms with Gasteiger partial charge in [-0.3, -0.25) is 0 Å². The lowest BCUT2D eigenvalue weighted by molar-refractivity contribution is -0.312. The highest BCUT2D eigenvalue weighted by Crippen LogP contribution is 2.65. The number of amides is 2. The van der Waals surface area contributed by atoms with E-state index in [2.05, 4.69) is 62.2 Å². The summed E-state index contributed by atoms with van der Waals surface area (Å²) < 4.78 is 13.0. The minimum atomic E-state index is -0.411. The van der Waals surface area contributed by atoms with Crippen LogP contribution in [0.5, 0.6) is 0 Å². The van der Waals surface area contributed by atoms with Crippen molar-refractivity contribution in [2.24, 2.45) is 28.6 Å². The van der Waals surface area contributed by atoms with Gasteiger partial charge in [0.2, 0.25) is 0 Å². The van der Waals surface area contributed by atoms with Crippen LogP contribution in [0, 0.1) is 28.6 Å². The number of urea groups is 1. The van der Waals surface area contributed by atoms with Crippen molar-refractivity contribution in [1.82, 2.24) is 10.6 Å². The maximum atomic E-state index is 12.0.